The third-order valence-electron chi connectivity index (χ3n) is 5.46. The fourth-order valence-electron chi connectivity index (χ4n) is 4.43. The Kier molecular flexibility index (Phi) is 4.20. The van der Waals surface area contributed by atoms with E-state index in [4.69, 9.17) is 5.73 Å². The van der Waals surface area contributed by atoms with Crippen LogP contribution in [0.4, 0.5) is 0 Å². The van der Waals surface area contributed by atoms with Crippen LogP contribution in [0, 0.1) is 17.8 Å². The minimum Gasteiger partial charge on any atom is -0.353 e. The van der Waals surface area contributed by atoms with Crippen LogP contribution in [-0.4, -0.2) is 41.9 Å². The van der Waals surface area contributed by atoms with Crippen molar-refractivity contribution in [2.75, 3.05) is 13.1 Å². The zero-order valence-corrected chi connectivity index (χ0v) is 12.9. The third-order valence-corrected chi connectivity index (χ3v) is 5.46. The minimum atomic E-state index is 0.110. The molecule has 3 N–H and O–H groups in total. The summed E-state index contributed by atoms with van der Waals surface area (Å²) < 4.78 is 0. The highest BCUT2D eigenvalue weighted by Gasteiger charge is 2.38. The first-order valence-electron chi connectivity index (χ1n) is 8.36. The van der Waals surface area contributed by atoms with E-state index in [1.807, 2.05) is 4.90 Å². The smallest absolute Gasteiger partial charge is 0.225 e. The molecule has 21 heavy (non-hydrogen) atoms. The lowest BCUT2D eigenvalue weighted by molar-refractivity contribution is -0.140. The van der Waals surface area contributed by atoms with Crippen molar-refractivity contribution in [3.8, 4) is 0 Å². The molecule has 118 valence electrons. The van der Waals surface area contributed by atoms with Crippen LogP contribution in [-0.2, 0) is 9.59 Å². The maximum absolute atomic E-state index is 12.8. The summed E-state index contributed by atoms with van der Waals surface area (Å²) >= 11 is 0. The first-order valence-corrected chi connectivity index (χ1v) is 8.36. The van der Waals surface area contributed by atoms with E-state index < -0.39 is 0 Å². The molecule has 3 fully saturated rings. The van der Waals surface area contributed by atoms with Gasteiger partial charge in [0.1, 0.15) is 0 Å². The Bertz CT molecular complexity index is 416. The zero-order valence-electron chi connectivity index (χ0n) is 12.9. The van der Waals surface area contributed by atoms with E-state index in [1.165, 1.54) is 0 Å². The summed E-state index contributed by atoms with van der Waals surface area (Å²) in [5.41, 5.74) is 6.09. The fraction of sp³-hybridized carbons (Fsp3) is 0.875. The summed E-state index contributed by atoms with van der Waals surface area (Å²) in [4.78, 5) is 26.2. The summed E-state index contributed by atoms with van der Waals surface area (Å²) in [7, 11) is 0. The molecule has 1 aliphatic carbocycles. The number of nitrogens with one attached hydrogen (secondary N) is 1. The van der Waals surface area contributed by atoms with Gasteiger partial charge in [-0.25, -0.2) is 0 Å². The number of fused-ring (bicyclic) bond motifs is 1. The van der Waals surface area contributed by atoms with E-state index in [2.05, 4.69) is 12.2 Å². The van der Waals surface area contributed by atoms with Gasteiger partial charge in [-0.3, -0.25) is 9.59 Å². The van der Waals surface area contributed by atoms with Gasteiger partial charge in [-0.05, 0) is 43.9 Å². The molecule has 2 saturated heterocycles. The van der Waals surface area contributed by atoms with Gasteiger partial charge in [0.2, 0.25) is 11.8 Å². The standard InChI is InChI=1S/C16H27N3O2/c1-10-6-12(8-13(17)7-10)16(21)19-5-4-14-11(9-19)2-3-15(20)18-14/h10-14H,2-9,17H2,1H3,(H,18,20). The van der Waals surface area contributed by atoms with Crippen molar-refractivity contribution < 1.29 is 9.59 Å². The van der Waals surface area contributed by atoms with Gasteiger partial charge in [0.25, 0.3) is 0 Å². The number of nitrogens with two attached hydrogens (primary N) is 1. The molecule has 0 spiro atoms. The van der Waals surface area contributed by atoms with Crippen LogP contribution in [0.15, 0.2) is 0 Å². The Hall–Kier alpha value is -1.10. The molecule has 3 rings (SSSR count). The van der Waals surface area contributed by atoms with Crippen LogP contribution >= 0.6 is 0 Å². The summed E-state index contributed by atoms with van der Waals surface area (Å²) in [5, 5.41) is 3.07. The van der Waals surface area contributed by atoms with Gasteiger partial charge >= 0.3 is 0 Å². The minimum absolute atomic E-state index is 0.110. The number of hydrogen-bond donors (Lipinski definition) is 2. The number of amides is 2. The molecule has 0 aromatic rings. The fourth-order valence-corrected chi connectivity index (χ4v) is 4.43. The molecule has 2 amide bonds. The van der Waals surface area contributed by atoms with Crippen molar-refractivity contribution in [1.82, 2.24) is 10.2 Å². The lowest BCUT2D eigenvalue weighted by Gasteiger charge is -2.43. The maximum Gasteiger partial charge on any atom is 0.225 e. The summed E-state index contributed by atoms with van der Waals surface area (Å²) in [6.07, 6.45) is 5.28. The van der Waals surface area contributed by atoms with Gasteiger partial charge in [-0.2, -0.15) is 0 Å². The predicted molar refractivity (Wildman–Crippen MR) is 80.3 cm³/mol. The number of nitrogens with zero attached hydrogens (tertiary/aromatic N) is 1. The second kappa shape index (κ2) is 5.95. The van der Waals surface area contributed by atoms with Crippen LogP contribution in [0.1, 0.15) is 45.4 Å². The number of rotatable bonds is 1. The van der Waals surface area contributed by atoms with E-state index in [0.717, 1.165) is 45.2 Å². The van der Waals surface area contributed by atoms with Crippen molar-refractivity contribution in [3.05, 3.63) is 0 Å². The second-order valence-corrected chi connectivity index (χ2v) is 7.31. The number of hydrogen-bond acceptors (Lipinski definition) is 3. The third kappa shape index (κ3) is 3.23. The Balaban J connectivity index is 1.60. The quantitative estimate of drug-likeness (QED) is 0.753. The van der Waals surface area contributed by atoms with Crippen LogP contribution < -0.4 is 11.1 Å². The van der Waals surface area contributed by atoms with E-state index in [1.54, 1.807) is 0 Å². The summed E-state index contributed by atoms with van der Waals surface area (Å²) in [5.74, 6) is 1.57. The van der Waals surface area contributed by atoms with Crippen molar-refractivity contribution in [3.63, 3.8) is 0 Å². The second-order valence-electron chi connectivity index (χ2n) is 7.31. The van der Waals surface area contributed by atoms with Crippen molar-refractivity contribution in [2.24, 2.45) is 23.5 Å². The van der Waals surface area contributed by atoms with Gasteiger partial charge in [-0.1, -0.05) is 6.92 Å². The molecular weight excluding hydrogens is 266 g/mol. The molecule has 0 aromatic carbocycles. The van der Waals surface area contributed by atoms with Gasteiger partial charge in [0, 0.05) is 37.5 Å². The van der Waals surface area contributed by atoms with E-state index in [-0.39, 0.29) is 23.9 Å². The summed E-state index contributed by atoms with van der Waals surface area (Å²) in [6.45, 7) is 3.78. The lowest BCUT2D eigenvalue weighted by atomic mass is 9.78. The SMILES string of the molecule is CC1CC(N)CC(C(=O)N2CCC3NC(=O)CCC3C2)C1. The van der Waals surface area contributed by atoms with Crippen LogP contribution in [0.25, 0.3) is 0 Å². The van der Waals surface area contributed by atoms with Gasteiger partial charge in [-0.15, -0.1) is 0 Å². The van der Waals surface area contributed by atoms with E-state index >= 15 is 0 Å². The number of carbonyl (C=O) groups excluding carboxylic acids is 2. The zero-order chi connectivity index (χ0) is 15.0. The first-order chi connectivity index (χ1) is 10.0. The molecule has 5 nitrogen and oxygen atoms in total. The molecule has 2 aliphatic heterocycles. The highest BCUT2D eigenvalue weighted by Crippen LogP contribution is 2.32. The number of carbonyl (C=O) groups is 2. The molecule has 3 aliphatic rings. The van der Waals surface area contributed by atoms with Gasteiger partial charge in [0.05, 0.1) is 0 Å². The van der Waals surface area contributed by atoms with Crippen LogP contribution in [0.5, 0.6) is 0 Å². The Morgan fingerprint density at radius 2 is 2.10 bits per heavy atom. The molecule has 0 radical (unpaired) electrons. The van der Waals surface area contributed by atoms with Crippen molar-refractivity contribution >= 4 is 11.8 Å². The van der Waals surface area contributed by atoms with E-state index in [0.29, 0.717) is 24.2 Å². The van der Waals surface area contributed by atoms with Crippen LogP contribution in [0.2, 0.25) is 0 Å². The van der Waals surface area contributed by atoms with Gasteiger partial charge < -0.3 is 16.0 Å². The average Bonchev–Trinajstić information content (AvgIpc) is 2.45. The molecule has 5 atom stereocenters. The van der Waals surface area contributed by atoms with Crippen molar-refractivity contribution in [1.29, 1.82) is 0 Å². The van der Waals surface area contributed by atoms with Crippen molar-refractivity contribution in [2.45, 2.75) is 57.5 Å². The molecular formula is C16H27N3O2. The largest absolute Gasteiger partial charge is 0.353 e. The first kappa shape index (κ1) is 14.8. The Morgan fingerprint density at radius 3 is 2.86 bits per heavy atom. The highest BCUT2D eigenvalue weighted by atomic mass is 16.2. The molecule has 2 heterocycles. The van der Waals surface area contributed by atoms with E-state index in [9.17, 15) is 9.59 Å². The maximum atomic E-state index is 12.8. The topological polar surface area (TPSA) is 75.4 Å². The van der Waals surface area contributed by atoms with Gasteiger partial charge in [0.15, 0.2) is 0 Å². The molecule has 0 aromatic heterocycles. The Labute approximate surface area is 126 Å². The Morgan fingerprint density at radius 1 is 1.29 bits per heavy atom. The summed E-state index contributed by atoms with van der Waals surface area (Å²) in [6, 6.07) is 0.456. The predicted octanol–water partition coefficient (Wildman–Crippen LogP) is 0.877. The van der Waals surface area contributed by atoms with Crippen LogP contribution in [0.3, 0.4) is 0 Å². The molecule has 1 saturated carbocycles. The lowest BCUT2D eigenvalue weighted by Crippen LogP contribution is -2.56. The molecule has 5 heteroatoms. The highest BCUT2D eigenvalue weighted by molar-refractivity contribution is 5.80. The monoisotopic (exact) mass is 293 g/mol. The molecule has 5 unspecified atom stereocenters. The number of piperidine rings is 2. The average molecular weight is 293 g/mol. The molecule has 0 bridgehead atoms. The normalized spacial score (nSPS) is 40.4. The number of likely N-dealkylation sites (tertiary alicyclic amines) is 1.